The summed E-state index contributed by atoms with van der Waals surface area (Å²) in [4.78, 5) is 24.6. The minimum absolute atomic E-state index is 0.0136. The van der Waals surface area contributed by atoms with Crippen LogP contribution in [0, 0.1) is 0 Å². The highest BCUT2D eigenvalue weighted by Gasteiger charge is 2.32. The van der Waals surface area contributed by atoms with Crippen molar-refractivity contribution in [3.63, 3.8) is 0 Å². The molecule has 1 saturated heterocycles. The lowest BCUT2D eigenvalue weighted by Gasteiger charge is -2.32. The number of likely N-dealkylation sites (tertiary alicyclic amines) is 1. The number of aryl methyl sites for hydroxylation is 1. The molecule has 1 N–H and O–H groups in total. The molecule has 1 aliphatic carbocycles. The van der Waals surface area contributed by atoms with E-state index in [0.717, 1.165) is 46.0 Å². The van der Waals surface area contributed by atoms with E-state index < -0.39 is 0 Å². The predicted octanol–water partition coefficient (Wildman–Crippen LogP) is 3.12. The molecule has 6 rings (SSSR count). The number of rotatable bonds is 7. The summed E-state index contributed by atoms with van der Waals surface area (Å²) in [6.07, 6.45) is 6.79. The smallest absolute Gasteiger partial charge is 0.329 e. The molecule has 1 saturated carbocycles. The monoisotopic (exact) mass is 459 g/mol. The van der Waals surface area contributed by atoms with Crippen molar-refractivity contribution in [2.24, 2.45) is 7.05 Å². The number of benzene rings is 1. The van der Waals surface area contributed by atoms with E-state index >= 15 is 0 Å². The molecule has 176 valence electrons. The molecule has 2 aliphatic rings. The molecule has 4 aromatic rings. The number of fused-ring (bicyclic) bond motifs is 3. The average Bonchev–Trinajstić information content (AvgIpc) is 3.06. The van der Waals surface area contributed by atoms with Gasteiger partial charge in [-0.3, -0.25) is 14.1 Å². The van der Waals surface area contributed by atoms with Crippen LogP contribution in [0.25, 0.3) is 33.1 Å². The van der Waals surface area contributed by atoms with E-state index in [9.17, 15) is 9.90 Å². The van der Waals surface area contributed by atoms with Crippen molar-refractivity contribution in [3.05, 3.63) is 53.2 Å². The van der Waals surface area contributed by atoms with Crippen LogP contribution < -0.4 is 10.4 Å². The van der Waals surface area contributed by atoms with Crippen LogP contribution in [0.3, 0.4) is 0 Å². The van der Waals surface area contributed by atoms with Crippen molar-refractivity contribution in [1.82, 2.24) is 24.0 Å². The third kappa shape index (κ3) is 3.67. The number of pyridine rings is 2. The Morgan fingerprint density at radius 2 is 1.91 bits per heavy atom. The van der Waals surface area contributed by atoms with E-state index in [-0.39, 0.29) is 17.8 Å². The van der Waals surface area contributed by atoms with E-state index in [2.05, 4.69) is 20.9 Å². The average molecular weight is 460 g/mol. The number of hydrogen-bond donors (Lipinski definition) is 1. The predicted molar refractivity (Wildman–Crippen MR) is 131 cm³/mol. The first-order valence-electron chi connectivity index (χ1n) is 12.1. The summed E-state index contributed by atoms with van der Waals surface area (Å²) in [6, 6.07) is 10.1. The van der Waals surface area contributed by atoms with Gasteiger partial charge in [-0.25, -0.2) is 9.78 Å². The minimum atomic E-state index is -0.335. The van der Waals surface area contributed by atoms with Crippen molar-refractivity contribution in [2.75, 3.05) is 26.2 Å². The Morgan fingerprint density at radius 1 is 1.09 bits per heavy atom. The Morgan fingerprint density at radius 3 is 2.62 bits per heavy atom. The van der Waals surface area contributed by atoms with E-state index in [0.29, 0.717) is 25.3 Å². The number of ether oxygens (including phenoxy) is 1. The normalized spacial score (nSPS) is 20.4. The lowest BCUT2D eigenvalue weighted by molar-refractivity contribution is 0.0487. The molecular formula is C26H29N5O3. The number of aliphatic hydroxyl groups excluding tert-OH is 1. The van der Waals surface area contributed by atoms with Gasteiger partial charge in [0.1, 0.15) is 0 Å². The molecular weight excluding hydrogens is 430 g/mol. The third-order valence-corrected chi connectivity index (χ3v) is 7.26. The van der Waals surface area contributed by atoms with Crippen LogP contribution in [0.5, 0.6) is 5.88 Å². The van der Waals surface area contributed by atoms with Gasteiger partial charge in [-0.05, 0) is 62.5 Å². The van der Waals surface area contributed by atoms with Gasteiger partial charge in [-0.15, -0.1) is 0 Å². The molecule has 0 spiro atoms. The quantitative estimate of drug-likeness (QED) is 0.428. The lowest BCUT2D eigenvalue weighted by atomic mass is 9.89. The molecule has 8 heteroatoms. The van der Waals surface area contributed by atoms with Crippen LogP contribution in [-0.2, 0) is 7.05 Å². The number of imidazole rings is 1. The maximum atomic E-state index is 13.0. The Kier molecular flexibility index (Phi) is 5.34. The highest BCUT2D eigenvalue weighted by atomic mass is 16.5. The van der Waals surface area contributed by atoms with Crippen LogP contribution in [0.1, 0.15) is 31.7 Å². The fourth-order valence-electron chi connectivity index (χ4n) is 5.02. The van der Waals surface area contributed by atoms with E-state index in [1.54, 1.807) is 17.8 Å². The minimum Gasteiger partial charge on any atom is -0.478 e. The molecule has 0 amide bonds. The molecule has 8 nitrogen and oxygen atoms in total. The zero-order valence-corrected chi connectivity index (χ0v) is 19.4. The van der Waals surface area contributed by atoms with Gasteiger partial charge in [0, 0.05) is 42.8 Å². The van der Waals surface area contributed by atoms with E-state index in [1.165, 1.54) is 19.5 Å². The van der Waals surface area contributed by atoms with Crippen molar-refractivity contribution in [3.8, 4) is 17.0 Å². The molecule has 3 aromatic heterocycles. The molecule has 0 radical (unpaired) electrons. The lowest BCUT2D eigenvalue weighted by Crippen LogP contribution is -2.38. The Labute approximate surface area is 197 Å². The van der Waals surface area contributed by atoms with Crippen molar-refractivity contribution in [2.45, 2.75) is 37.8 Å². The van der Waals surface area contributed by atoms with Crippen LogP contribution in [0.2, 0.25) is 0 Å². The second-order valence-corrected chi connectivity index (χ2v) is 9.50. The van der Waals surface area contributed by atoms with Crippen LogP contribution in [0.4, 0.5) is 0 Å². The Bertz CT molecular complexity index is 1400. The topological polar surface area (TPSA) is 85.4 Å². The number of aromatic nitrogens is 4. The Hall–Kier alpha value is -3.23. The zero-order valence-electron chi connectivity index (χ0n) is 19.4. The summed E-state index contributed by atoms with van der Waals surface area (Å²) < 4.78 is 9.31. The first-order valence-corrected chi connectivity index (χ1v) is 12.1. The van der Waals surface area contributed by atoms with Crippen molar-refractivity contribution in [1.29, 1.82) is 0 Å². The zero-order chi connectivity index (χ0) is 23.2. The maximum Gasteiger partial charge on any atom is 0.329 e. The molecule has 4 heterocycles. The van der Waals surface area contributed by atoms with Gasteiger partial charge >= 0.3 is 5.69 Å². The highest BCUT2D eigenvalue weighted by molar-refractivity contribution is 6.04. The van der Waals surface area contributed by atoms with Gasteiger partial charge in [0.05, 0.1) is 35.5 Å². The largest absolute Gasteiger partial charge is 0.478 e. The van der Waals surface area contributed by atoms with Crippen LogP contribution in [-0.4, -0.2) is 61.5 Å². The number of hydrogen-bond acceptors (Lipinski definition) is 6. The van der Waals surface area contributed by atoms with Crippen LogP contribution >= 0.6 is 0 Å². The summed E-state index contributed by atoms with van der Waals surface area (Å²) in [5.41, 5.74) is 4.45. The molecule has 2 fully saturated rings. The SMILES string of the molecule is Cn1c(=O)n(C2CC(O)C2)c2c3cc(-c4ccc(OCCCN5CCC5)nc4)ccc3ncc21. The fourth-order valence-corrected chi connectivity index (χ4v) is 5.02. The molecule has 0 atom stereocenters. The number of aliphatic hydroxyl groups is 1. The molecule has 1 aromatic carbocycles. The summed E-state index contributed by atoms with van der Waals surface area (Å²) in [5.74, 6) is 0.637. The van der Waals surface area contributed by atoms with E-state index in [4.69, 9.17) is 4.74 Å². The number of nitrogens with zero attached hydrogens (tertiary/aromatic N) is 5. The second-order valence-electron chi connectivity index (χ2n) is 9.50. The first kappa shape index (κ1) is 21.3. The highest BCUT2D eigenvalue weighted by Crippen LogP contribution is 2.36. The standard InChI is InChI=1S/C26H29N5O3/c1-29-23-16-27-22-6-4-17(12-21(22)25(23)31(26(29)33)19-13-20(32)14-19)18-5-7-24(28-15-18)34-11-3-10-30-8-2-9-30/h4-7,12,15-16,19-20,32H,2-3,8-11,13-14H2,1H3. The van der Waals surface area contributed by atoms with Gasteiger partial charge in [0.25, 0.3) is 0 Å². The summed E-state index contributed by atoms with van der Waals surface area (Å²) in [6.45, 7) is 4.18. The Balaban J connectivity index is 1.29. The van der Waals surface area contributed by atoms with Gasteiger partial charge < -0.3 is 14.7 Å². The van der Waals surface area contributed by atoms with E-state index in [1.807, 2.05) is 35.0 Å². The van der Waals surface area contributed by atoms with Gasteiger partial charge in [-0.1, -0.05) is 6.07 Å². The van der Waals surface area contributed by atoms with Gasteiger partial charge in [0.2, 0.25) is 5.88 Å². The fraction of sp³-hybridized carbons (Fsp3) is 0.423. The molecule has 1 aliphatic heterocycles. The second kappa shape index (κ2) is 8.52. The summed E-state index contributed by atoms with van der Waals surface area (Å²) in [5, 5.41) is 10.8. The van der Waals surface area contributed by atoms with Crippen molar-refractivity contribution >= 4 is 21.9 Å². The van der Waals surface area contributed by atoms with Crippen LogP contribution in [0.15, 0.2) is 47.5 Å². The maximum absolute atomic E-state index is 13.0. The molecule has 0 bridgehead atoms. The van der Waals surface area contributed by atoms with Gasteiger partial charge in [0.15, 0.2) is 0 Å². The summed E-state index contributed by atoms with van der Waals surface area (Å²) >= 11 is 0. The van der Waals surface area contributed by atoms with Gasteiger partial charge in [-0.2, -0.15) is 0 Å². The third-order valence-electron chi connectivity index (χ3n) is 7.26. The molecule has 0 unspecified atom stereocenters. The van der Waals surface area contributed by atoms with Crippen molar-refractivity contribution < 1.29 is 9.84 Å². The first-order chi connectivity index (χ1) is 16.6. The molecule has 34 heavy (non-hydrogen) atoms. The summed E-state index contributed by atoms with van der Waals surface area (Å²) in [7, 11) is 1.78.